The number of benzene rings is 2. The Labute approximate surface area is 120 Å². The van der Waals surface area contributed by atoms with Crippen LogP contribution >= 0.6 is 0 Å². The Kier molecular flexibility index (Phi) is 4.51. The predicted octanol–water partition coefficient (Wildman–Crippen LogP) is 4.10. The molecule has 2 aromatic carbocycles. The zero-order chi connectivity index (χ0) is 14.5. The topological polar surface area (TPSA) is 41.5 Å². The van der Waals surface area contributed by atoms with E-state index in [2.05, 4.69) is 12.2 Å². The molecule has 0 heterocycles. The number of aryl methyl sites for hydroxylation is 1. The minimum atomic E-state index is 0.185. The summed E-state index contributed by atoms with van der Waals surface area (Å²) in [5.41, 5.74) is 3.38. The molecule has 0 aliphatic heterocycles. The molecule has 0 radical (unpaired) electrons. The zero-order valence-corrected chi connectivity index (χ0v) is 12.2. The second-order valence-corrected chi connectivity index (χ2v) is 5.16. The highest BCUT2D eigenvalue weighted by molar-refractivity contribution is 5.54. The molecule has 2 N–H and O–H groups in total. The van der Waals surface area contributed by atoms with Crippen LogP contribution in [0, 0.1) is 6.92 Å². The van der Waals surface area contributed by atoms with Gasteiger partial charge >= 0.3 is 0 Å². The van der Waals surface area contributed by atoms with Crippen molar-refractivity contribution < 1.29 is 9.84 Å². The molecule has 3 heteroatoms. The molecule has 2 rings (SSSR count). The largest absolute Gasteiger partial charge is 0.508 e. The average molecular weight is 271 g/mol. The highest BCUT2D eigenvalue weighted by Crippen LogP contribution is 2.23. The van der Waals surface area contributed by atoms with Crippen molar-refractivity contribution in [2.75, 3.05) is 5.32 Å². The van der Waals surface area contributed by atoms with Crippen LogP contribution in [0.5, 0.6) is 11.5 Å². The van der Waals surface area contributed by atoms with E-state index in [4.69, 9.17) is 4.74 Å². The lowest BCUT2D eigenvalue weighted by molar-refractivity contribution is 0.242. The van der Waals surface area contributed by atoms with Gasteiger partial charge in [0.15, 0.2) is 0 Å². The quantitative estimate of drug-likeness (QED) is 0.860. The molecule has 0 spiro atoms. The molecule has 0 atom stereocenters. The van der Waals surface area contributed by atoms with Gasteiger partial charge in [-0.25, -0.2) is 0 Å². The first kappa shape index (κ1) is 14.3. The van der Waals surface area contributed by atoms with E-state index < -0.39 is 0 Å². The van der Waals surface area contributed by atoms with Crippen molar-refractivity contribution in [2.24, 2.45) is 0 Å². The van der Waals surface area contributed by atoms with Gasteiger partial charge in [-0.3, -0.25) is 0 Å². The molecule has 0 aliphatic rings. The molecule has 20 heavy (non-hydrogen) atoms. The molecule has 0 aliphatic carbocycles. The number of hydrogen-bond donors (Lipinski definition) is 2. The molecule has 2 aromatic rings. The smallest absolute Gasteiger partial charge is 0.120 e. The van der Waals surface area contributed by atoms with Crippen LogP contribution in [0.3, 0.4) is 0 Å². The van der Waals surface area contributed by atoms with Gasteiger partial charge in [0.05, 0.1) is 6.10 Å². The first-order valence-corrected chi connectivity index (χ1v) is 6.83. The minimum absolute atomic E-state index is 0.185. The lowest BCUT2D eigenvalue weighted by Crippen LogP contribution is -2.06. The van der Waals surface area contributed by atoms with Crippen LogP contribution in [0.1, 0.15) is 25.0 Å². The third-order valence-electron chi connectivity index (χ3n) is 2.99. The van der Waals surface area contributed by atoms with Crippen molar-refractivity contribution in [3.63, 3.8) is 0 Å². The van der Waals surface area contributed by atoms with Crippen molar-refractivity contribution in [3.8, 4) is 11.5 Å². The second kappa shape index (κ2) is 6.33. The van der Waals surface area contributed by atoms with Crippen LogP contribution in [0.4, 0.5) is 5.69 Å². The molecule has 0 aromatic heterocycles. The summed E-state index contributed by atoms with van der Waals surface area (Å²) in [6.07, 6.45) is 0.185. The number of ether oxygens (including phenoxy) is 1. The summed E-state index contributed by atoms with van der Waals surface area (Å²) in [5, 5.41) is 12.6. The van der Waals surface area contributed by atoms with Crippen molar-refractivity contribution >= 4 is 5.69 Å². The second-order valence-electron chi connectivity index (χ2n) is 5.16. The summed E-state index contributed by atoms with van der Waals surface area (Å²) < 4.78 is 5.67. The normalized spacial score (nSPS) is 10.6. The summed E-state index contributed by atoms with van der Waals surface area (Å²) in [5.74, 6) is 1.19. The van der Waals surface area contributed by atoms with Crippen molar-refractivity contribution in [1.29, 1.82) is 0 Å². The van der Waals surface area contributed by atoms with Crippen molar-refractivity contribution in [2.45, 2.75) is 33.4 Å². The highest BCUT2D eigenvalue weighted by Gasteiger charge is 2.03. The molecule has 0 bridgehead atoms. The van der Waals surface area contributed by atoms with E-state index in [9.17, 15) is 5.11 Å². The maximum absolute atomic E-state index is 9.25. The van der Waals surface area contributed by atoms with Gasteiger partial charge < -0.3 is 15.2 Å². The fraction of sp³-hybridized carbons (Fsp3) is 0.294. The Balaban J connectivity index is 2.01. The van der Waals surface area contributed by atoms with Crippen LogP contribution in [0.15, 0.2) is 42.5 Å². The van der Waals surface area contributed by atoms with Gasteiger partial charge in [-0.05, 0) is 62.2 Å². The summed E-state index contributed by atoms with van der Waals surface area (Å²) in [6, 6.07) is 13.3. The van der Waals surface area contributed by atoms with Gasteiger partial charge in [0.25, 0.3) is 0 Å². The number of hydrogen-bond acceptors (Lipinski definition) is 3. The lowest BCUT2D eigenvalue weighted by Gasteiger charge is -2.14. The molecular weight excluding hydrogens is 250 g/mol. The van der Waals surface area contributed by atoms with Gasteiger partial charge in [-0.1, -0.05) is 12.1 Å². The SMILES string of the molecule is Cc1cc(OC(C)C)ccc1NCc1ccc(O)cc1. The predicted molar refractivity (Wildman–Crippen MR) is 82.4 cm³/mol. The fourth-order valence-electron chi connectivity index (χ4n) is 1.99. The third-order valence-corrected chi connectivity index (χ3v) is 2.99. The lowest BCUT2D eigenvalue weighted by atomic mass is 10.1. The Hall–Kier alpha value is -2.16. The Morgan fingerprint density at radius 2 is 1.80 bits per heavy atom. The fourth-order valence-corrected chi connectivity index (χ4v) is 1.99. The Morgan fingerprint density at radius 1 is 1.10 bits per heavy atom. The average Bonchev–Trinajstić information content (AvgIpc) is 2.39. The molecule has 0 saturated heterocycles. The molecule has 106 valence electrons. The Bertz CT molecular complexity index is 562. The van der Waals surface area contributed by atoms with Gasteiger partial charge in [-0.2, -0.15) is 0 Å². The molecule has 0 unspecified atom stereocenters. The van der Waals surface area contributed by atoms with E-state index in [0.29, 0.717) is 5.75 Å². The number of rotatable bonds is 5. The molecule has 0 fully saturated rings. The molecular formula is C17H21NO2. The summed E-state index contributed by atoms with van der Waals surface area (Å²) in [7, 11) is 0. The van der Waals surface area contributed by atoms with Crippen LogP contribution in [0.25, 0.3) is 0 Å². The number of nitrogens with one attached hydrogen (secondary N) is 1. The number of anilines is 1. The first-order valence-electron chi connectivity index (χ1n) is 6.83. The van der Waals surface area contributed by atoms with Crippen LogP contribution in [0.2, 0.25) is 0 Å². The van der Waals surface area contributed by atoms with E-state index in [-0.39, 0.29) is 6.10 Å². The first-order chi connectivity index (χ1) is 9.54. The van der Waals surface area contributed by atoms with E-state index in [1.54, 1.807) is 12.1 Å². The summed E-state index contributed by atoms with van der Waals surface area (Å²) in [6.45, 7) is 6.83. The molecule has 0 amide bonds. The monoisotopic (exact) mass is 271 g/mol. The van der Waals surface area contributed by atoms with Crippen LogP contribution in [-0.4, -0.2) is 11.2 Å². The van der Waals surface area contributed by atoms with E-state index in [1.165, 1.54) is 0 Å². The summed E-state index contributed by atoms with van der Waals surface area (Å²) >= 11 is 0. The highest BCUT2D eigenvalue weighted by atomic mass is 16.5. The zero-order valence-electron chi connectivity index (χ0n) is 12.2. The number of aromatic hydroxyl groups is 1. The Morgan fingerprint density at radius 3 is 2.40 bits per heavy atom. The van der Waals surface area contributed by atoms with Crippen LogP contribution < -0.4 is 10.1 Å². The van der Waals surface area contributed by atoms with Gasteiger partial charge in [0.2, 0.25) is 0 Å². The molecule has 0 saturated carbocycles. The van der Waals surface area contributed by atoms with Crippen molar-refractivity contribution in [1.82, 2.24) is 0 Å². The molecule has 3 nitrogen and oxygen atoms in total. The number of phenols is 1. The standard InChI is InChI=1S/C17H21NO2/c1-12(2)20-16-8-9-17(13(3)10-16)18-11-14-4-6-15(19)7-5-14/h4-10,12,18-19H,11H2,1-3H3. The van der Waals surface area contributed by atoms with E-state index in [1.807, 2.05) is 44.2 Å². The third kappa shape index (κ3) is 3.92. The van der Waals surface area contributed by atoms with Gasteiger partial charge in [-0.15, -0.1) is 0 Å². The van der Waals surface area contributed by atoms with Gasteiger partial charge in [0.1, 0.15) is 11.5 Å². The van der Waals surface area contributed by atoms with Gasteiger partial charge in [0, 0.05) is 12.2 Å². The van der Waals surface area contributed by atoms with E-state index >= 15 is 0 Å². The van der Waals surface area contributed by atoms with Crippen LogP contribution in [-0.2, 0) is 6.54 Å². The summed E-state index contributed by atoms with van der Waals surface area (Å²) in [4.78, 5) is 0. The minimum Gasteiger partial charge on any atom is -0.508 e. The maximum atomic E-state index is 9.25. The number of phenolic OH excluding ortho intramolecular Hbond substituents is 1. The van der Waals surface area contributed by atoms with Crippen molar-refractivity contribution in [3.05, 3.63) is 53.6 Å². The van der Waals surface area contributed by atoms with E-state index in [0.717, 1.165) is 29.1 Å². The maximum Gasteiger partial charge on any atom is 0.120 e.